The molecule has 1 atom stereocenters. The van der Waals surface area contributed by atoms with Crippen LogP contribution >= 0.6 is 0 Å². The number of rotatable bonds is 6. The number of benzene rings is 1. The van der Waals surface area contributed by atoms with Gasteiger partial charge in [-0.3, -0.25) is 0 Å². The molecule has 1 saturated heterocycles. The summed E-state index contributed by atoms with van der Waals surface area (Å²) in [4.78, 5) is 15.9. The fraction of sp³-hybridized carbons (Fsp3) is 0.556. The molecule has 27 heavy (non-hydrogen) atoms. The number of amides is 1. The normalized spacial score (nSPS) is 22.9. The molecule has 2 aliphatic rings. The number of nitrogens with zero attached hydrogens (tertiary/aromatic N) is 1. The van der Waals surface area contributed by atoms with Crippen molar-refractivity contribution in [3.63, 3.8) is 0 Å². The van der Waals surface area contributed by atoms with Crippen LogP contribution in [0.15, 0.2) is 29.4 Å². The van der Waals surface area contributed by atoms with Crippen LogP contribution in [0.3, 0.4) is 0 Å². The summed E-state index contributed by atoms with van der Waals surface area (Å²) in [5.74, 6) is 0.664. The third-order valence-corrected chi connectivity index (χ3v) is 5.09. The highest BCUT2D eigenvalue weighted by molar-refractivity contribution is 6.63. The van der Waals surface area contributed by atoms with Gasteiger partial charge in [0.15, 0.2) is 6.10 Å². The molecule has 2 aliphatic heterocycles. The van der Waals surface area contributed by atoms with Crippen molar-refractivity contribution >= 4 is 24.4 Å². The molecule has 0 aliphatic carbocycles. The lowest BCUT2D eigenvalue weighted by Crippen LogP contribution is -2.41. The largest absolute Gasteiger partial charge is 0.498 e. The molecule has 0 spiro atoms. The lowest BCUT2D eigenvalue weighted by Gasteiger charge is -2.32. The summed E-state index contributed by atoms with van der Waals surface area (Å²) >= 11 is 0. The van der Waals surface area contributed by atoms with E-state index >= 15 is 0 Å². The van der Waals surface area contributed by atoms with E-state index in [1.54, 1.807) is 0 Å². The Bertz CT molecular complexity index is 720. The van der Waals surface area contributed by atoms with Crippen LogP contribution < -0.4 is 15.5 Å². The molecule has 0 aromatic heterocycles. The minimum absolute atomic E-state index is 0.149. The Morgan fingerprint density at radius 3 is 2.63 bits per heavy atom. The molecule has 1 amide bonds. The molecule has 0 radical (unpaired) electrons. The van der Waals surface area contributed by atoms with Gasteiger partial charge >= 0.3 is 13.2 Å². The molecular weight excluding hydrogens is 351 g/mol. The van der Waals surface area contributed by atoms with Gasteiger partial charge in [0.25, 0.3) is 0 Å². The van der Waals surface area contributed by atoms with Crippen molar-refractivity contribution in [2.24, 2.45) is 5.16 Å². The second kappa shape index (κ2) is 7.40. The smallest absolute Gasteiger partial charge is 0.490 e. The average molecular weight is 376 g/mol. The molecule has 9 heteroatoms. The molecule has 0 saturated carbocycles. The van der Waals surface area contributed by atoms with Crippen LogP contribution in [0.25, 0.3) is 0 Å². The van der Waals surface area contributed by atoms with E-state index in [0.717, 1.165) is 5.46 Å². The Kier molecular flexibility index (Phi) is 5.35. The van der Waals surface area contributed by atoms with E-state index < -0.39 is 24.4 Å². The van der Waals surface area contributed by atoms with Gasteiger partial charge in [-0.05, 0) is 33.8 Å². The zero-order valence-corrected chi connectivity index (χ0v) is 16.0. The van der Waals surface area contributed by atoms with Gasteiger partial charge in [0, 0.05) is 11.9 Å². The summed E-state index contributed by atoms with van der Waals surface area (Å²) in [6.45, 7) is 8.46. The Labute approximate surface area is 159 Å². The summed E-state index contributed by atoms with van der Waals surface area (Å²) < 4.78 is 18.2. The van der Waals surface area contributed by atoms with E-state index in [9.17, 15) is 4.79 Å². The van der Waals surface area contributed by atoms with Gasteiger partial charge in [0.05, 0.1) is 23.5 Å². The second-order valence-corrected chi connectivity index (χ2v) is 7.68. The first-order chi connectivity index (χ1) is 12.7. The zero-order chi connectivity index (χ0) is 19.7. The first-order valence-electron chi connectivity index (χ1n) is 8.94. The van der Waals surface area contributed by atoms with Gasteiger partial charge < -0.3 is 29.3 Å². The molecule has 8 nitrogen and oxygen atoms in total. The monoisotopic (exact) mass is 376 g/mol. The van der Waals surface area contributed by atoms with Crippen molar-refractivity contribution in [2.75, 3.05) is 13.2 Å². The standard InChI is InChI=1S/C18H25BN2O6/c1-17(2)18(3,4)27-19(26-17)14-7-5-6-8-15(14)24-11-13-9-12(21-25-13)10-20-16(22)23/h5-8,13,20H,9-11H2,1-4H3,(H,22,23). The third-order valence-electron chi connectivity index (χ3n) is 5.09. The molecule has 3 rings (SSSR count). The van der Waals surface area contributed by atoms with Gasteiger partial charge in [0.2, 0.25) is 0 Å². The highest BCUT2D eigenvalue weighted by Crippen LogP contribution is 2.37. The maximum atomic E-state index is 10.5. The van der Waals surface area contributed by atoms with Gasteiger partial charge in [0.1, 0.15) is 12.4 Å². The van der Waals surface area contributed by atoms with Crippen molar-refractivity contribution in [3.8, 4) is 5.75 Å². The minimum atomic E-state index is -1.09. The number of hydrogen-bond donors (Lipinski definition) is 2. The number of oxime groups is 1. The Morgan fingerprint density at radius 2 is 1.96 bits per heavy atom. The SMILES string of the molecule is CC1(C)OB(c2ccccc2OCC2CC(CNC(=O)O)=NO2)OC1(C)C. The summed E-state index contributed by atoms with van der Waals surface area (Å²) in [5.41, 5.74) is 0.603. The van der Waals surface area contributed by atoms with Gasteiger partial charge in [-0.2, -0.15) is 0 Å². The fourth-order valence-corrected chi connectivity index (χ4v) is 2.82. The molecule has 2 heterocycles. The van der Waals surface area contributed by atoms with Crippen LogP contribution in [0.1, 0.15) is 34.1 Å². The van der Waals surface area contributed by atoms with E-state index in [-0.39, 0.29) is 19.3 Å². The minimum Gasteiger partial charge on any atom is -0.490 e. The molecule has 1 fully saturated rings. The van der Waals surface area contributed by atoms with Crippen LogP contribution in [0.2, 0.25) is 0 Å². The summed E-state index contributed by atoms with van der Waals surface area (Å²) in [7, 11) is -0.512. The van der Waals surface area contributed by atoms with Gasteiger partial charge in [-0.1, -0.05) is 23.4 Å². The molecule has 1 unspecified atom stereocenters. The highest BCUT2D eigenvalue weighted by Gasteiger charge is 2.52. The van der Waals surface area contributed by atoms with Crippen molar-refractivity contribution < 1.29 is 28.8 Å². The maximum absolute atomic E-state index is 10.5. The molecule has 0 bridgehead atoms. The summed E-state index contributed by atoms with van der Waals surface area (Å²) in [6, 6.07) is 7.59. The first kappa shape index (κ1) is 19.5. The molecule has 1 aromatic rings. The summed E-state index contributed by atoms with van der Waals surface area (Å²) in [6.07, 6.45) is -0.838. The van der Waals surface area contributed by atoms with Crippen LogP contribution in [-0.2, 0) is 14.1 Å². The van der Waals surface area contributed by atoms with Crippen molar-refractivity contribution in [3.05, 3.63) is 24.3 Å². The zero-order valence-electron chi connectivity index (χ0n) is 16.0. The molecule has 1 aromatic carbocycles. The Balaban J connectivity index is 1.59. The highest BCUT2D eigenvalue weighted by atomic mass is 16.7. The summed E-state index contributed by atoms with van der Waals surface area (Å²) in [5, 5.41) is 14.8. The predicted octanol–water partition coefficient (Wildman–Crippen LogP) is 1.78. The average Bonchev–Trinajstić information content (AvgIpc) is 3.13. The number of para-hydroxylation sites is 1. The number of ether oxygens (including phenoxy) is 1. The predicted molar refractivity (Wildman–Crippen MR) is 101 cm³/mol. The van der Waals surface area contributed by atoms with Crippen molar-refractivity contribution in [2.45, 2.75) is 51.4 Å². The number of hydrogen-bond acceptors (Lipinski definition) is 6. The lowest BCUT2D eigenvalue weighted by atomic mass is 9.78. The van der Waals surface area contributed by atoms with E-state index in [2.05, 4.69) is 10.5 Å². The van der Waals surface area contributed by atoms with Gasteiger partial charge in [-0.25, -0.2) is 4.79 Å². The Hall–Kier alpha value is -2.26. The van der Waals surface area contributed by atoms with Crippen LogP contribution in [0.4, 0.5) is 4.79 Å². The lowest BCUT2D eigenvalue weighted by molar-refractivity contribution is 0.00578. The van der Waals surface area contributed by atoms with Crippen LogP contribution in [-0.4, -0.2) is 54.5 Å². The Morgan fingerprint density at radius 1 is 1.30 bits per heavy atom. The van der Waals surface area contributed by atoms with Crippen molar-refractivity contribution in [1.82, 2.24) is 5.32 Å². The number of carbonyl (C=O) groups is 1. The first-order valence-corrected chi connectivity index (χ1v) is 8.94. The number of nitrogens with one attached hydrogen (secondary N) is 1. The third kappa shape index (κ3) is 4.36. The quantitative estimate of drug-likeness (QED) is 0.735. The van der Waals surface area contributed by atoms with E-state index in [0.29, 0.717) is 17.9 Å². The van der Waals surface area contributed by atoms with Crippen LogP contribution in [0.5, 0.6) is 5.75 Å². The fourth-order valence-electron chi connectivity index (χ4n) is 2.82. The molecular formula is C18H25BN2O6. The van der Waals surface area contributed by atoms with E-state index in [4.69, 9.17) is 24.0 Å². The molecule has 146 valence electrons. The van der Waals surface area contributed by atoms with E-state index in [1.165, 1.54) is 0 Å². The second-order valence-electron chi connectivity index (χ2n) is 7.68. The number of carboxylic acid groups (broad SMARTS) is 1. The van der Waals surface area contributed by atoms with Crippen LogP contribution in [0, 0.1) is 0 Å². The van der Waals surface area contributed by atoms with E-state index in [1.807, 2.05) is 52.0 Å². The topological polar surface area (TPSA) is 98.6 Å². The van der Waals surface area contributed by atoms with Crippen molar-refractivity contribution in [1.29, 1.82) is 0 Å². The van der Waals surface area contributed by atoms with Gasteiger partial charge in [-0.15, -0.1) is 0 Å². The molecule has 2 N–H and O–H groups in total. The maximum Gasteiger partial charge on any atom is 0.498 e.